The van der Waals surface area contributed by atoms with Gasteiger partial charge in [-0.1, -0.05) is 6.07 Å². The molecule has 0 aliphatic carbocycles. The number of halogens is 1. The average Bonchev–Trinajstić information content (AvgIpc) is 3.10. The Morgan fingerprint density at radius 3 is 3.04 bits per heavy atom. The molecule has 1 atom stereocenters. The smallest absolute Gasteiger partial charge is 0.238 e. The molecule has 4 rings (SSSR count). The minimum Gasteiger partial charge on any atom is -0.454 e. The zero-order valence-corrected chi connectivity index (χ0v) is 15.0. The number of nitrogens with one attached hydrogen (secondary N) is 2. The largest absolute Gasteiger partial charge is 0.454 e. The van der Waals surface area contributed by atoms with Crippen LogP contribution in [-0.4, -0.2) is 48.8 Å². The summed E-state index contributed by atoms with van der Waals surface area (Å²) in [5, 5.41) is 6.32. The number of piperazine rings is 1. The van der Waals surface area contributed by atoms with Gasteiger partial charge in [0.1, 0.15) is 0 Å². The lowest BCUT2D eigenvalue weighted by Gasteiger charge is -2.35. The molecule has 2 N–H and O–H groups in total. The second-order valence-electron chi connectivity index (χ2n) is 6.09. The van der Waals surface area contributed by atoms with Crippen molar-refractivity contribution in [1.82, 2.24) is 15.2 Å². The number of benzene rings is 1. The molecule has 8 heteroatoms. The summed E-state index contributed by atoms with van der Waals surface area (Å²) in [6.07, 6.45) is 3.62. The van der Waals surface area contributed by atoms with Crippen LogP contribution in [-0.2, 0) is 4.79 Å². The molecule has 2 aliphatic heterocycles. The molecular weight excluding hydrogens is 356 g/mol. The highest BCUT2D eigenvalue weighted by atomic mass is 35.5. The number of aromatic nitrogens is 1. The Hall–Kier alpha value is -2.35. The number of hydrogen-bond acceptors (Lipinski definition) is 6. The Morgan fingerprint density at radius 2 is 2.19 bits per heavy atom. The van der Waals surface area contributed by atoms with E-state index in [0.29, 0.717) is 23.7 Å². The molecule has 1 aromatic heterocycles. The molecule has 0 spiro atoms. The second kappa shape index (κ2) is 8.35. The van der Waals surface area contributed by atoms with E-state index in [1.54, 1.807) is 18.3 Å². The molecule has 138 valence electrons. The standard InChI is InChI=1S/C18H20N4O3.ClH/c23-18(21-14-3-4-16-17(8-14)25-12-24-16)11-22-7-6-20-10-15(22)13-2-1-5-19-9-13;/h1-5,8-9,15,20H,6-7,10-12H2,(H,21,23);1H. The van der Waals surface area contributed by atoms with Gasteiger partial charge < -0.3 is 20.1 Å². The third kappa shape index (κ3) is 4.07. The summed E-state index contributed by atoms with van der Waals surface area (Å²) in [5.41, 5.74) is 1.83. The molecule has 1 saturated heterocycles. The van der Waals surface area contributed by atoms with Crippen molar-refractivity contribution in [2.75, 3.05) is 38.3 Å². The minimum absolute atomic E-state index is 0. The first-order chi connectivity index (χ1) is 12.3. The zero-order valence-electron chi connectivity index (χ0n) is 14.2. The molecule has 1 aromatic carbocycles. The number of ether oxygens (including phenoxy) is 2. The van der Waals surface area contributed by atoms with Crippen LogP contribution in [0.1, 0.15) is 11.6 Å². The molecule has 2 aliphatic rings. The number of carbonyl (C=O) groups excluding carboxylic acids is 1. The summed E-state index contributed by atoms with van der Waals surface area (Å²) in [6.45, 7) is 3.04. The van der Waals surface area contributed by atoms with E-state index >= 15 is 0 Å². The Balaban J connectivity index is 0.00000196. The first-order valence-corrected chi connectivity index (χ1v) is 8.34. The molecule has 0 radical (unpaired) electrons. The normalized spacial score (nSPS) is 18.8. The number of pyridine rings is 1. The van der Waals surface area contributed by atoms with E-state index in [9.17, 15) is 4.79 Å². The van der Waals surface area contributed by atoms with Crippen LogP contribution in [0.15, 0.2) is 42.7 Å². The summed E-state index contributed by atoms with van der Waals surface area (Å²) in [5.74, 6) is 1.32. The Kier molecular flexibility index (Phi) is 5.92. The van der Waals surface area contributed by atoms with E-state index < -0.39 is 0 Å². The predicted octanol–water partition coefficient (Wildman–Crippen LogP) is 1.82. The van der Waals surface area contributed by atoms with E-state index in [-0.39, 0.29) is 31.1 Å². The molecule has 7 nitrogen and oxygen atoms in total. The van der Waals surface area contributed by atoms with E-state index in [1.165, 1.54) is 0 Å². The monoisotopic (exact) mass is 376 g/mol. The van der Waals surface area contributed by atoms with Crippen molar-refractivity contribution < 1.29 is 14.3 Å². The number of hydrogen-bond donors (Lipinski definition) is 2. The number of rotatable bonds is 4. The maximum Gasteiger partial charge on any atom is 0.238 e. The molecule has 3 heterocycles. The van der Waals surface area contributed by atoms with Gasteiger partial charge in [-0.05, 0) is 23.8 Å². The van der Waals surface area contributed by atoms with Gasteiger partial charge in [0, 0.05) is 49.8 Å². The third-order valence-electron chi connectivity index (χ3n) is 4.43. The summed E-state index contributed by atoms with van der Waals surface area (Å²) in [4.78, 5) is 18.9. The predicted molar refractivity (Wildman–Crippen MR) is 99.9 cm³/mol. The highest BCUT2D eigenvalue weighted by molar-refractivity contribution is 5.92. The maximum absolute atomic E-state index is 12.5. The first-order valence-electron chi connectivity index (χ1n) is 8.34. The van der Waals surface area contributed by atoms with Crippen molar-refractivity contribution in [3.63, 3.8) is 0 Å². The van der Waals surface area contributed by atoms with Crippen molar-refractivity contribution >= 4 is 24.0 Å². The molecule has 0 saturated carbocycles. The van der Waals surface area contributed by atoms with Crippen molar-refractivity contribution in [2.45, 2.75) is 6.04 Å². The maximum atomic E-state index is 12.5. The van der Waals surface area contributed by atoms with Gasteiger partial charge in [0.05, 0.1) is 6.54 Å². The first kappa shape index (κ1) is 18.4. The van der Waals surface area contributed by atoms with Gasteiger partial charge in [-0.3, -0.25) is 14.7 Å². The Labute approximate surface area is 158 Å². The van der Waals surface area contributed by atoms with Gasteiger partial charge in [0.15, 0.2) is 11.5 Å². The van der Waals surface area contributed by atoms with Crippen molar-refractivity contribution in [1.29, 1.82) is 0 Å². The van der Waals surface area contributed by atoms with Crippen molar-refractivity contribution in [3.8, 4) is 11.5 Å². The number of anilines is 1. The number of fused-ring (bicyclic) bond motifs is 1. The molecule has 0 bridgehead atoms. The van der Waals surface area contributed by atoms with Gasteiger partial charge in [-0.25, -0.2) is 0 Å². The number of carbonyl (C=O) groups is 1. The summed E-state index contributed by atoms with van der Waals surface area (Å²) in [7, 11) is 0. The van der Waals surface area contributed by atoms with Crippen LogP contribution in [0.4, 0.5) is 5.69 Å². The van der Waals surface area contributed by atoms with Gasteiger partial charge in [0.25, 0.3) is 0 Å². The van der Waals surface area contributed by atoms with E-state index in [1.807, 2.05) is 24.4 Å². The lowest BCUT2D eigenvalue weighted by atomic mass is 10.1. The van der Waals surface area contributed by atoms with Crippen LogP contribution in [0.5, 0.6) is 11.5 Å². The van der Waals surface area contributed by atoms with Crippen LogP contribution < -0.4 is 20.1 Å². The van der Waals surface area contributed by atoms with E-state index in [4.69, 9.17) is 9.47 Å². The fourth-order valence-corrected chi connectivity index (χ4v) is 3.20. The quantitative estimate of drug-likeness (QED) is 0.847. The molecule has 1 amide bonds. The summed E-state index contributed by atoms with van der Waals surface area (Å²) in [6, 6.07) is 9.53. The van der Waals surface area contributed by atoms with Gasteiger partial charge >= 0.3 is 0 Å². The van der Waals surface area contributed by atoms with Gasteiger partial charge in [-0.15, -0.1) is 12.4 Å². The topological polar surface area (TPSA) is 75.7 Å². The van der Waals surface area contributed by atoms with Crippen LogP contribution >= 0.6 is 12.4 Å². The van der Waals surface area contributed by atoms with Crippen LogP contribution in [0.3, 0.4) is 0 Å². The molecule has 1 fully saturated rings. The minimum atomic E-state index is -0.0466. The van der Waals surface area contributed by atoms with Crippen molar-refractivity contribution in [3.05, 3.63) is 48.3 Å². The summed E-state index contributed by atoms with van der Waals surface area (Å²) < 4.78 is 10.6. The molecule has 2 aromatic rings. The second-order valence-corrected chi connectivity index (χ2v) is 6.09. The van der Waals surface area contributed by atoms with Crippen LogP contribution in [0.25, 0.3) is 0 Å². The van der Waals surface area contributed by atoms with Gasteiger partial charge in [-0.2, -0.15) is 0 Å². The highest BCUT2D eigenvalue weighted by Crippen LogP contribution is 2.34. The van der Waals surface area contributed by atoms with Crippen molar-refractivity contribution in [2.24, 2.45) is 0 Å². The highest BCUT2D eigenvalue weighted by Gasteiger charge is 2.25. The molecule has 26 heavy (non-hydrogen) atoms. The fourth-order valence-electron chi connectivity index (χ4n) is 3.20. The number of nitrogens with zero attached hydrogens (tertiary/aromatic N) is 2. The fraction of sp³-hybridized carbons (Fsp3) is 0.333. The van der Waals surface area contributed by atoms with Crippen LogP contribution in [0, 0.1) is 0 Å². The van der Waals surface area contributed by atoms with Crippen LogP contribution in [0.2, 0.25) is 0 Å². The number of amides is 1. The SMILES string of the molecule is Cl.O=C(CN1CCNCC1c1cccnc1)Nc1ccc2c(c1)OCO2. The lowest BCUT2D eigenvalue weighted by molar-refractivity contribution is -0.118. The Bertz CT molecular complexity index is 759. The average molecular weight is 377 g/mol. The zero-order chi connectivity index (χ0) is 17.1. The van der Waals surface area contributed by atoms with Gasteiger partial charge in [0.2, 0.25) is 12.7 Å². The van der Waals surface area contributed by atoms with E-state index in [0.717, 1.165) is 25.2 Å². The third-order valence-corrected chi connectivity index (χ3v) is 4.43. The summed E-state index contributed by atoms with van der Waals surface area (Å²) >= 11 is 0. The van der Waals surface area contributed by atoms with E-state index in [2.05, 4.69) is 20.5 Å². The lowest BCUT2D eigenvalue weighted by Crippen LogP contribution is -2.48. The Morgan fingerprint density at radius 1 is 1.31 bits per heavy atom. The molecule has 1 unspecified atom stereocenters. The molecular formula is C18H21ClN4O3.